The number of hydrogen-bond donors (Lipinski definition) is 2. The molecule has 0 aromatic rings. The Morgan fingerprint density at radius 1 is 1.25 bits per heavy atom. The van der Waals surface area contributed by atoms with Gasteiger partial charge in [-0.3, -0.25) is 0 Å². The van der Waals surface area contributed by atoms with Crippen LogP contribution in [0.4, 0.5) is 0 Å². The van der Waals surface area contributed by atoms with Crippen LogP contribution in [0.5, 0.6) is 0 Å². The molecule has 0 heterocycles. The number of allylic oxidation sites excluding steroid dienone is 6. The molecule has 0 aliphatic carbocycles. The van der Waals surface area contributed by atoms with Gasteiger partial charge in [-0.05, 0) is 50.5 Å². The van der Waals surface area contributed by atoms with Gasteiger partial charge in [0, 0.05) is 0 Å². The van der Waals surface area contributed by atoms with E-state index in [2.05, 4.69) is 0 Å². The molecule has 0 aliphatic rings. The zero-order valence-electron chi connectivity index (χ0n) is 10.6. The van der Waals surface area contributed by atoms with Gasteiger partial charge in [0.15, 0.2) is 0 Å². The maximum Gasteiger partial charge on any atom is 0.111 e. The van der Waals surface area contributed by atoms with Gasteiger partial charge in [-0.1, -0.05) is 25.5 Å². The summed E-state index contributed by atoms with van der Waals surface area (Å²) in [5.74, 6) is 0.618. The number of rotatable bonds is 5. The van der Waals surface area contributed by atoms with E-state index in [9.17, 15) is 10.2 Å². The summed E-state index contributed by atoms with van der Waals surface area (Å²) in [5.41, 5.74) is 1.01. The van der Waals surface area contributed by atoms with Gasteiger partial charge in [0.05, 0.1) is 0 Å². The van der Waals surface area contributed by atoms with Crippen LogP contribution >= 0.6 is 0 Å². The highest BCUT2D eigenvalue weighted by Gasteiger charge is 2.02. The Morgan fingerprint density at radius 3 is 2.38 bits per heavy atom. The third kappa shape index (κ3) is 6.12. The predicted molar refractivity (Wildman–Crippen MR) is 69.4 cm³/mol. The van der Waals surface area contributed by atoms with E-state index in [1.54, 1.807) is 31.2 Å². The van der Waals surface area contributed by atoms with Crippen LogP contribution in [0.1, 0.15) is 34.1 Å². The van der Waals surface area contributed by atoms with E-state index in [0.717, 1.165) is 12.0 Å². The topological polar surface area (TPSA) is 40.5 Å². The molecule has 0 fully saturated rings. The SMILES string of the molecule is C/C=C(O)\C=C(/C)C(C)/C=C(O)\C=C/CC. The lowest BCUT2D eigenvalue weighted by atomic mass is 10.0. The summed E-state index contributed by atoms with van der Waals surface area (Å²) in [7, 11) is 0. The van der Waals surface area contributed by atoms with Crippen LogP contribution in [0.3, 0.4) is 0 Å². The highest BCUT2D eigenvalue weighted by Crippen LogP contribution is 2.15. The molecule has 2 N–H and O–H groups in total. The lowest BCUT2D eigenvalue weighted by Crippen LogP contribution is -1.94. The van der Waals surface area contributed by atoms with Crippen molar-refractivity contribution in [1.82, 2.24) is 0 Å². The van der Waals surface area contributed by atoms with Gasteiger partial charge in [-0.2, -0.15) is 0 Å². The first-order valence-electron chi connectivity index (χ1n) is 5.62. The second kappa shape index (κ2) is 7.80. The van der Waals surface area contributed by atoms with Crippen LogP contribution in [0.15, 0.2) is 47.5 Å². The molecule has 0 amide bonds. The van der Waals surface area contributed by atoms with E-state index in [1.165, 1.54) is 0 Å². The lowest BCUT2D eigenvalue weighted by Gasteiger charge is -2.07. The molecule has 0 aliphatic heterocycles. The van der Waals surface area contributed by atoms with Crippen LogP contribution in [0.2, 0.25) is 0 Å². The fraction of sp³-hybridized carbons (Fsp3) is 0.429. The largest absolute Gasteiger partial charge is 0.508 e. The first kappa shape index (κ1) is 14.6. The van der Waals surface area contributed by atoms with Gasteiger partial charge < -0.3 is 10.2 Å². The minimum absolute atomic E-state index is 0.101. The molecule has 1 atom stereocenters. The summed E-state index contributed by atoms with van der Waals surface area (Å²) in [6, 6.07) is 0. The highest BCUT2D eigenvalue weighted by atomic mass is 16.3. The van der Waals surface area contributed by atoms with Gasteiger partial charge >= 0.3 is 0 Å². The van der Waals surface area contributed by atoms with Crippen LogP contribution in [0, 0.1) is 5.92 Å². The summed E-state index contributed by atoms with van der Waals surface area (Å²) in [4.78, 5) is 0. The summed E-state index contributed by atoms with van der Waals surface area (Å²) in [6.07, 6.45) is 9.61. The van der Waals surface area contributed by atoms with E-state index in [4.69, 9.17) is 0 Å². The second-order valence-corrected chi connectivity index (χ2v) is 3.79. The fourth-order valence-corrected chi connectivity index (χ4v) is 1.13. The van der Waals surface area contributed by atoms with Crippen LogP contribution in [-0.2, 0) is 0 Å². The average Bonchev–Trinajstić information content (AvgIpc) is 2.25. The van der Waals surface area contributed by atoms with Crippen molar-refractivity contribution in [3.05, 3.63) is 47.5 Å². The van der Waals surface area contributed by atoms with Crippen LogP contribution in [-0.4, -0.2) is 10.2 Å². The Balaban J connectivity index is 4.63. The molecule has 0 bridgehead atoms. The van der Waals surface area contributed by atoms with E-state index >= 15 is 0 Å². The Kier molecular flexibility index (Phi) is 7.10. The minimum Gasteiger partial charge on any atom is -0.508 e. The maximum absolute atomic E-state index is 9.56. The third-order valence-corrected chi connectivity index (χ3v) is 2.33. The molecule has 2 heteroatoms. The van der Waals surface area contributed by atoms with Crippen molar-refractivity contribution < 1.29 is 10.2 Å². The van der Waals surface area contributed by atoms with Gasteiger partial charge in [0.2, 0.25) is 0 Å². The number of aliphatic hydroxyl groups is 2. The molecule has 16 heavy (non-hydrogen) atoms. The molecular formula is C14H22O2. The van der Waals surface area contributed by atoms with Crippen molar-refractivity contribution in [2.45, 2.75) is 34.1 Å². The Morgan fingerprint density at radius 2 is 1.88 bits per heavy atom. The quantitative estimate of drug-likeness (QED) is 0.533. The Bertz CT molecular complexity index is 320. The summed E-state index contributed by atoms with van der Waals surface area (Å²) < 4.78 is 0. The van der Waals surface area contributed by atoms with Crippen molar-refractivity contribution in [1.29, 1.82) is 0 Å². The molecule has 0 radical (unpaired) electrons. The number of aliphatic hydroxyl groups excluding tert-OH is 2. The normalized spacial score (nSPS) is 16.9. The molecule has 0 saturated heterocycles. The first-order valence-corrected chi connectivity index (χ1v) is 5.62. The van der Waals surface area contributed by atoms with E-state index in [-0.39, 0.29) is 17.4 Å². The molecule has 2 nitrogen and oxygen atoms in total. The van der Waals surface area contributed by atoms with E-state index in [0.29, 0.717) is 0 Å². The molecule has 0 spiro atoms. The second-order valence-electron chi connectivity index (χ2n) is 3.79. The van der Waals surface area contributed by atoms with E-state index in [1.807, 2.05) is 26.8 Å². The fourth-order valence-electron chi connectivity index (χ4n) is 1.13. The molecule has 1 unspecified atom stereocenters. The van der Waals surface area contributed by atoms with Gasteiger partial charge in [-0.25, -0.2) is 0 Å². The highest BCUT2D eigenvalue weighted by molar-refractivity contribution is 5.22. The smallest absolute Gasteiger partial charge is 0.111 e. The summed E-state index contributed by atoms with van der Waals surface area (Å²) >= 11 is 0. The van der Waals surface area contributed by atoms with Gasteiger partial charge in [0.1, 0.15) is 11.5 Å². The zero-order valence-corrected chi connectivity index (χ0v) is 10.6. The minimum atomic E-state index is 0.101. The van der Waals surface area contributed by atoms with Crippen molar-refractivity contribution in [2.24, 2.45) is 5.92 Å². The third-order valence-electron chi connectivity index (χ3n) is 2.33. The van der Waals surface area contributed by atoms with Gasteiger partial charge in [-0.15, -0.1) is 0 Å². The van der Waals surface area contributed by atoms with Crippen LogP contribution in [0.25, 0.3) is 0 Å². The van der Waals surface area contributed by atoms with Crippen molar-refractivity contribution >= 4 is 0 Å². The predicted octanol–water partition coefficient (Wildman–Crippen LogP) is 4.44. The first-order chi connectivity index (χ1) is 7.51. The molecule has 90 valence electrons. The van der Waals surface area contributed by atoms with Crippen molar-refractivity contribution in [2.75, 3.05) is 0 Å². The van der Waals surface area contributed by atoms with Crippen molar-refractivity contribution in [3.63, 3.8) is 0 Å². The maximum atomic E-state index is 9.56. The van der Waals surface area contributed by atoms with E-state index < -0.39 is 0 Å². The zero-order chi connectivity index (χ0) is 12.6. The molecular weight excluding hydrogens is 200 g/mol. The molecule has 0 rings (SSSR count). The molecule has 0 aromatic carbocycles. The average molecular weight is 222 g/mol. The van der Waals surface area contributed by atoms with Crippen LogP contribution < -0.4 is 0 Å². The summed E-state index contributed by atoms with van der Waals surface area (Å²) in [6.45, 7) is 7.70. The monoisotopic (exact) mass is 222 g/mol. The number of hydrogen-bond acceptors (Lipinski definition) is 2. The Labute approximate surface area is 98.3 Å². The standard InChI is InChI=1S/C14H22O2/c1-5-7-8-14(16)10-12(4)11(3)9-13(15)6-2/h6-10,12,15-16H,5H2,1-4H3/b8-7-,11-9+,13-6+,14-10+. The van der Waals surface area contributed by atoms with Crippen molar-refractivity contribution in [3.8, 4) is 0 Å². The Hall–Kier alpha value is -1.44. The van der Waals surface area contributed by atoms with Gasteiger partial charge in [0.25, 0.3) is 0 Å². The molecule has 0 aromatic heterocycles. The lowest BCUT2D eigenvalue weighted by molar-refractivity contribution is 0.424. The summed E-state index contributed by atoms with van der Waals surface area (Å²) in [5, 5.41) is 18.9. The molecule has 0 saturated carbocycles.